The molecule has 0 radical (unpaired) electrons. The minimum Gasteiger partial charge on any atom is -0.376 e. The van der Waals surface area contributed by atoms with Crippen LogP contribution in [0.25, 0.3) is 5.52 Å². The lowest BCUT2D eigenvalue weighted by Crippen LogP contribution is -2.48. The summed E-state index contributed by atoms with van der Waals surface area (Å²) in [5.74, 6) is -0.0472. The summed E-state index contributed by atoms with van der Waals surface area (Å²) in [6, 6.07) is 9.75. The molecule has 5 rings (SSSR count). The van der Waals surface area contributed by atoms with Crippen molar-refractivity contribution in [3.63, 3.8) is 0 Å². The van der Waals surface area contributed by atoms with Gasteiger partial charge in [-0.3, -0.25) is 14.5 Å². The molecule has 1 atom stereocenters. The molecular formula is C24H29N5O3. The molecule has 1 amide bonds. The molecule has 0 aromatic carbocycles. The number of aromatic nitrogens is 3. The second kappa shape index (κ2) is 9.26. The highest BCUT2D eigenvalue weighted by Crippen LogP contribution is 2.17. The highest BCUT2D eigenvalue weighted by atomic mass is 16.5. The summed E-state index contributed by atoms with van der Waals surface area (Å²) >= 11 is 0. The van der Waals surface area contributed by atoms with Gasteiger partial charge in [0.2, 0.25) is 0 Å². The average molecular weight is 436 g/mol. The summed E-state index contributed by atoms with van der Waals surface area (Å²) in [4.78, 5) is 27.6. The van der Waals surface area contributed by atoms with E-state index in [1.165, 1.54) is 0 Å². The third kappa shape index (κ3) is 4.47. The molecule has 3 aromatic rings. The first-order chi connectivity index (χ1) is 15.7. The number of carbonyl (C=O) groups excluding carboxylic acids is 1. The number of likely N-dealkylation sites (tertiary alicyclic amines) is 1. The van der Waals surface area contributed by atoms with Gasteiger partial charge in [0, 0.05) is 55.1 Å². The van der Waals surface area contributed by atoms with E-state index in [4.69, 9.17) is 4.74 Å². The number of piperidine rings is 1. The number of carbonyl (C=O) groups is 1. The molecule has 32 heavy (non-hydrogen) atoms. The van der Waals surface area contributed by atoms with E-state index in [1.54, 1.807) is 10.7 Å². The summed E-state index contributed by atoms with van der Waals surface area (Å²) in [6.45, 7) is 4.02. The van der Waals surface area contributed by atoms with Crippen LogP contribution < -0.4 is 10.9 Å². The Morgan fingerprint density at radius 3 is 3.06 bits per heavy atom. The first kappa shape index (κ1) is 20.9. The average Bonchev–Trinajstić information content (AvgIpc) is 3.26. The second-order valence-corrected chi connectivity index (χ2v) is 8.64. The minimum absolute atomic E-state index is 0.0472. The van der Waals surface area contributed by atoms with Crippen molar-refractivity contribution < 1.29 is 9.53 Å². The van der Waals surface area contributed by atoms with E-state index in [9.17, 15) is 9.59 Å². The fourth-order valence-corrected chi connectivity index (χ4v) is 4.71. The Balaban J connectivity index is 1.20. The highest BCUT2D eigenvalue weighted by molar-refractivity contribution is 5.95. The number of hydrogen-bond donors (Lipinski definition) is 1. The third-order valence-corrected chi connectivity index (χ3v) is 6.52. The van der Waals surface area contributed by atoms with E-state index < -0.39 is 0 Å². The Morgan fingerprint density at radius 1 is 1.22 bits per heavy atom. The normalized spacial score (nSPS) is 19.1. The van der Waals surface area contributed by atoms with E-state index in [1.807, 2.05) is 41.1 Å². The number of fused-ring (bicyclic) bond motifs is 2. The van der Waals surface area contributed by atoms with E-state index >= 15 is 0 Å². The number of pyridine rings is 1. The van der Waals surface area contributed by atoms with Crippen molar-refractivity contribution in [2.75, 3.05) is 26.2 Å². The molecule has 5 heterocycles. The molecule has 1 unspecified atom stereocenters. The molecule has 0 aliphatic carbocycles. The van der Waals surface area contributed by atoms with Crippen molar-refractivity contribution in [2.24, 2.45) is 0 Å². The Morgan fingerprint density at radius 2 is 2.16 bits per heavy atom. The Labute approximate surface area is 186 Å². The van der Waals surface area contributed by atoms with Crippen LogP contribution in [0.2, 0.25) is 0 Å². The predicted octanol–water partition coefficient (Wildman–Crippen LogP) is 1.85. The number of amides is 1. The van der Waals surface area contributed by atoms with Crippen LogP contribution in [0.3, 0.4) is 0 Å². The number of nitrogens with zero attached hydrogens (tertiary/aromatic N) is 4. The van der Waals surface area contributed by atoms with Gasteiger partial charge in [0.1, 0.15) is 0 Å². The fourth-order valence-electron chi connectivity index (χ4n) is 4.71. The molecule has 0 spiro atoms. The van der Waals surface area contributed by atoms with Crippen LogP contribution in [-0.4, -0.2) is 57.3 Å². The summed E-state index contributed by atoms with van der Waals surface area (Å²) in [7, 11) is 0. The standard InChI is InChI=1S/C24H29N5O3/c30-23-14-19-17-32-12-7-22(19)26-29(23)11-10-27-8-3-2-6-21(27)15-25-24(31)18-13-20-5-1-4-9-28(20)16-18/h1,4-5,9,13-14,16,21H,2-3,6-8,10-12,15,17H2,(H,25,31). The maximum Gasteiger partial charge on any atom is 0.267 e. The van der Waals surface area contributed by atoms with Crippen LogP contribution in [0.5, 0.6) is 0 Å². The van der Waals surface area contributed by atoms with Gasteiger partial charge in [-0.1, -0.05) is 12.5 Å². The Kier molecular flexibility index (Phi) is 6.05. The predicted molar refractivity (Wildman–Crippen MR) is 121 cm³/mol. The van der Waals surface area contributed by atoms with E-state index in [0.717, 1.165) is 55.5 Å². The molecule has 0 saturated carbocycles. The van der Waals surface area contributed by atoms with Crippen molar-refractivity contribution in [1.29, 1.82) is 0 Å². The SMILES string of the molecule is O=C(NCC1CCCCN1CCn1nc2c(cc1=O)COCC2)c1cc2ccccn2c1. The maximum atomic E-state index is 12.7. The van der Waals surface area contributed by atoms with Crippen LogP contribution >= 0.6 is 0 Å². The molecule has 0 bridgehead atoms. The lowest BCUT2D eigenvalue weighted by atomic mass is 10.0. The summed E-state index contributed by atoms with van der Waals surface area (Å²) < 4.78 is 8.96. The molecule has 2 aliphatic rings. The van der Waals surface area contributed by atoms with Gasteiger partial charge in [0.05, 0.1) is 31.0 Å². The minimum atomic E-state index is -0.0723. The number of ether oxygens (including phenoxy) is 1. The number of nitrogens with one attached hydrogen (secondary N) is 1. The summed E-state index contributed by atoms with van der Waals surface area (Å²) in [6.07, 6.45) is 7.90. The zero-order valence-electron chi connectivity index (χ0n) is 18.2. The van der Waals surface area contributed by atoms with E-state index in [0.29, 0.717) is 31.9 Å². The van der Waals surface area contributed by atoms with Gasteiger partial charge in [-0.2, -0.15) is 5.10 Å². The molecule has 168 valence electrons. The molecule has 8 nitrogen and oxygen atoms in total. The van der Waals surface area contributed by atoms with Crippen LogP contribution in [0, 0.1) is 0 Å². The molecule has 1 N–H and O–H groups in total. The molecule has 1 saturated heterocycles. The summed E-state index contributed by atoms with van der Waals surface area (Å²) in [5.41, 5.74) is 3.49. The largest absolute Gasteiger partial charge is 0.376 e. The van der Waals surface area contributed by atoms with Crippen LogP contribution in [0.15, 0.2) is 47.5 Å². The van der Waals surface area contributed by atoms with Gasteiger partial charge in [-0.25, -0.2) is 4.68 Å². The quantitative estimate of drug-likeness (QED) is 0.639. The molecule has 8 heteroatoms. The lowest BCUT2D eigenvalue weighted by Gasteiger charge is -2.35. The lowest BCUT2D eigenvalue weighted by molar-refractivity contribution is 0.0907. The highest BCUT2D eigenvalue weighted by Gasteiger charge is 2.23. The molecule has 1 fully saturated rings. The van der Waals surface area contributed by atoms with E-state index in [2.05, 4.69) is 15.3 Å². The van der Waals surface area contributed by atoms with Crippen molar-refractivity contribution >= 4 is 11.4 Å². The van der Waals surface area contributed by atoms with Crippen molar-refractivity contribution in [1.82, 2.24) is 24.4 Å². The van der Waals surface area contributed by atoms with Crippen LogP contribution in [0.4, 0.5) is 0 Å². The Bertz CT molecular complexity index is 1130. The molecule has 2 aliphatic heterocycles. The van der Waals surface area contributed by atoms with Gasteiger partial charge < -0.3 is 14.5 Å². The third-order valence-electron chi connectivity index (χ3n) is 6.52. The summed E-state index contributed by atoms with van der Waals surface area (Å²) in [5, 5.41) is 7.70. The monoisotopic (exact) mass is 435 g/mol. The van der Waals surface area contributed by atoms with Gasteiger partial charge in [-0.15, -0.1) is 0 Å². The van der Waals surface area contributed by atoms with Gasteiger partial charge in [0.25, 0.3) is 11.5 Å². The van der Waals surface area contributed by atoms with Gasteiger partial charge >= 0.3 is 0 Å². The maximum absolute atomic E-state index is 12.7. The van der Waals surface area contributed by atoms with Crippen LogP contribution in [0.1, 0.15) is 40.9 Å². The van der Waals surface area contributed by atoms with Crippen molar-refractivity contribution in [2.45, 2.75) is 44.9 Å². The number of hydrogen-bond acceptors (Lipinski definition) is 5. The molecular weight excluding hydrogens is 406 g/mol. The van der Waals surface area contributed by atoms with Crippen molar-refractivity contribution in [3.05, 3.63) is 69.9 Å². The smallest absolute Gasteiger partial charge is 0.267 e. The topological polar surface area (TPSA) is 80.9 Å². The van der Waals surface area contributed by atoms with Gasteiger partial charge in [-0.05, 0) is 37.6 Å². The van der Waals surface area contributed by atoms with Crippen LogP contribution in [-0.2, 0) is 24.3 Å². The number of rotatable bonds is 6. The first-order valence-electron chi connectivity index (χ1n) is 11.4. The Hall–Kier alpha value is -2.97. The van der Waals surface area contributed by atoms with Crippen molar-refractivity contribution in [3.8, 4) is 0 Å². The second-order valence-electron chi connectivity index (χ2n) is 8.64. The van der Waals surface area contributed by atoms with E-state index in [-0.39, 0.29) is 17.5 Å². The zero-order valence-corrected chi connectivity index (χ0v) is 18.2. The zero-order chi connectivity index (χ0) is 21.9. The molecule has 3 aromatic heterocycles. The fraction of sp³-hybridized carbons (Fsp3) is 0.458. The van der Waals surface area contributed by atoms with Gasteiger partial charge in [0.15, 0.2) is 0 Å². The first-order valence-corrected chi connectivity index (χ1v) is 11.4.